The van der Waals surface area contributed by atoms with Crippen LogP contribution in [0.15, 0.2) is 51.7 Å². The lowest BCUT2D eigenvalue weighted by Gasteiger charge is -2.29. The quantitative estimate of drug-likeness (QED) is 0.483. The number of methoxy groups -OCH3 is 2. The predicted octanol–water partition coefficient (Wildman–Crippen LogP) is 3.73. The van der Waals surface area contributed by atoms with Gasteiger partial charge < -0.3 is 23.5 Å². The van der Waals surface area contributed by atoms with Crippen LogP contribution in [0.25, 0.3) is 11.0 Å². The molecule has 1 saturated heterocycles. The summed E-state index contributed by atoms with van der Waals surface area (Å²) >= 11 is 0. The summed E-state index contributed by atoms with van der Waals surface area (Å²) in [7, 11) is 7.30. The van der Waals surface area contributed by atoms with Gasteiger partial charge in [0.05, 0.1) is 32.8 Å². The first-order valence-corrected chi connectivity index (χ1v) is 11.3. The molecule has 0 bridgehead atoms. The predicted molar refractivity (Wildman–Crippen MR) is 130 cm³/mol. The Morgan fingerprint density at radius 2 is 1.70 bits per heavy atom. The lowest BCUT2D eigenvalue weighted by molar-refractivity contribution is 0.0369. The Hall–Kier alpha value is -3.03. The van der Waals surface area contributed by atoms with Gasteiger partial charge in [-0.15, -0.1) is 0 Å². The third-order valence-electron chi connectivity index (χ3n) is 6.31. The van der Waals surface area contributed by atoms with E-state index in [1.807, 2.05) is 20.2 Å². The second-order valence-electron chi connectivity index (χ2n) is 8.47. The number of rotatable bonds is 8. The van der Waals surface area contributed by atoms with Gasteiger partial charge in [-0.05, 0) is 36.7 Å². The van der Waals surface area contributed by atoms with E-state index in [1.165, 1.54) is 6.07 Å². The molecule has 3 aromatic rings. The zero-order chi connectivity index (χ0) is 23.4. The maximum Gasteiger partial charge on any atom is 0.336 e. The van der Waals surface area contributed by atoms with E-state index in [-0.39, 0.29) is 5.92 Å². The maximum atomic E-state index is 12.2. The van der Waals surface area contributed by atoms with E-state index in [2.05, 4.69) is 34.1 Å². The molecule has 176 valence electrons. The Labute approximate surface area is 194 Å². The summed E-state index contributed by atoms with van der Waals surface area (Å²) in [4.78, 5) is 16.7. The van der Waals surface area contributed by atoms with Crippen LogP contribution in [0.1, 0.15) is 23.5 Å². The number of anilines is 1. The van der Waals surface area contributed by atoms with Gasteiger partial charge in [-0.1, -0.05) is 12.1 Å². The highest BCUT2D eigenvalue weighted by Crippen LogP contribution is 2.43. The molecule has 1 atom stereocenters. The highest BCUT2D eigenvalue weighted by Gasteiger charge is 2.26. The summed E-state index contributed by atoms with van der Waals surface area (Å²) in [6, 6.07) is 13.6. The summed E-state index contributed by atoms with van der Waals surface area (Å²) in [5, 5.41) is 0.759. The number of hydrogen-bond acceptors (Lipinski definition) is 7. The van der Waals surface area contributed by atoms with Crippen molar-refractivity contribution in [2.45, 2.75) is 12.3 Å². The zero-order valence-corrected chi connectivity index (χ0v) is 19.8. The van der Waals surface area contributed by atoms with Crippen molar-refractivity contribution < 1.29 is 18.6 Å². The van der Waals surface area contributed by atoms with E-state index in [9.17, 15) is 4.79 Å². The van der Waals surface area contributed by atoms with Crippen molar-refractivity contribution in [2.75, 3.05) is 66.1 Å². The van der Waals surface area contributed by atoms with Crippen LogP contribution in [0.4, 0.5) is 5.69 Å². The molecule has 0 saturated carbocycles. The minimum Gasteiger partial charge on any atom is -0.496 e. The molecule has 0 N–H and O–H groups in total. The second kappa shape index (κ2) is 10.3. The van der Waals surface area contributed by atoms with Gasteiger partial charge in [-0.3, -0.25) is 4.90 Å². The van der Waals surface area contributed by atoms with Crippen molar-refractivity contribution in [3.8, 4) is 11.5 Å². The van der Waals surface area contributed by atoms with Crippen LogP contribution in [-0.4, -0.2) is 66.1 Å². The van der Waals surface area contributed by atoms with Gasteiger partial charge in [0.2, 0.25) is 0 Å². The molecule has 0 spiro atoms. The Kier molecular flexibility index (Phi) is 7.20. The Balaban J connectivity index is 1.85. The van der Waals surface area contributed by atoms with Crippen molar-refractivity contribution in [3.63, 3.8) is 0 Å². The second-order valence-corrected chi connectivity index (χ2v) is 8.47. The van der Waals surface area contributed by atoms with Crippen molar-refractivity contribution in [3.05, 3.63) is 64.0 Å². The standard InChI is InChI=1S/C26H32N2O5/c1-27(2)19-7-5-18(6-8-19)20(11-12-28-13-15-32-16-14-28)25-23(31-4)17-22(30-3)21-9-10-24(29)33-26(21)25/h5-10,17,20H,11-16H2,1-4H3/t20-/m1/s1. The molecule has 1 aromatic heterocycles. The summed E-state index contributed by atoms with van der Waals surface area (Å²) in [5.41, 5.74) is 3.27. The van der Waals surface area contributed by atoms with Gasteiger partial charge in [0.15, 0.2) is 0 Å². The molecule has 0 unspecified atom stereocenters. The largest absolute Gasteiger partial charge is 0.496 e. The average Bonchev–Trinajstić information content (AvgIpc) is 2.84. The van der Waals surface area contributed by atoms with Gasteiger partial charge >= 0.3 is 5.63 Å². The van der Waals surface area contributed by atoms with Crippen molar-refractivity contribution in [1.82, 2.24) is 4.90 Å². The van der Waals surface area contributed by atoms with Crippen LogP contribution < -0.4 is 20.0 Å². The highest BCUT2D eigenvalue weighted by molar-refractivity contribution is 5.89. The molecule has 0 aliphatic carbocycles. The molecule has 1 aliphatic heterocycles. The van der Waals surface area contributed by atoms with Crippen molar-refractivity contribution in [2.24, 2.45) is 0 Å². The minimum absolute atomic E-state index is 0.0297. The topological polar surface area (TPSA) is 64.4 Å². The van der Waals surface area contributed by atoms with E-state index in [0.29, 0.717) is 17.1 Å². The van der Waals surface area contributed by atoms with Crippen LogP contribution in [0, 0.1) is 0 Å². The van der Waals surface area contributed by atoms with E-state index in [0.717, 1.165) is 61.5 Å². The SMILES string of the molecule is COc1cc(OC)c2ccc(=O)oc2c1[C@H](CCN1CCOCC1)c1ccc(N(C)C)cc1. The molecule has 1 aliphatic rings. The van der Waals surface area contributed by atoms with Gasteiger partial charge in [-0.2, -0.15) is 0 Å². The monoisotopic (exact) mass is 452 g/mol. The van der Waals surface area contributed by atoms with Crippen LogP contribution in [-0.2, 0) is 4.74 Å². The summed E-state index contributed by atoms with van der Waals surface area (Å²) in [6.45, 7) is 4.25. The Bertz CT molecular complexity index is 1130. The molecule has 1 fully saturated rings. The van der Waals surface area contributed by atoms with Crippen LogP contribution in [0.5, 0.6) is 11.5 Å². The fourth-order valence-corrected chi connectivity index (χ4v) is 4.48. The average molecular weight is 453 g/mol. The first-order chi connectivity index (χ1) is 16.0. The summed E-state index contributed by atoms with van der Waals surface area (Å²) < 4.78 is 22.7. The first-order valence-electron chi connectivity index (χ1n) is 11.3. The number of morpholine rings is 1. The summed E-state index contributed by atoms with van der Waals surface area (Å²) in [5.74, 6) is 1.24. The van der Waals surface area contributed by atoms with E-state index >= 15 is 0 Å². The molecular weight excluding hydrogens is 420 g/mol. The number of nitrogens with zero attached hydrogens (tertiary/aromatic N) is 2. The number of hydrogen-bond donors (Lipinski definition) is 0. The van der Waals surface area contributed by atoms with Gasteiger partial charge in [0.25, 0.3) is 0 Å². The first kappa shape index (κ1) is 23.1. The molecule has 33 heavy (non-hydrogen) atoms. The van der Waals surface area contributed by atoms with Crippen LogP contribution >= 0.6 is 0 Å². The van der Waals surface area contributed by atoms with Crippen LogP contribution in [0.2, 0.25) is 0 Å². The normalized spacial score (nSPS) is 15.4. The van der Waals surface area contributed by atoms with Gasteiger partial charge in [0.1, 0.15) is 17.1 Å². The maximum absolute atomic E-state index is 12.2. The number of ether oxygens (including phenoxy) is 3. The molecule has 2 aromatic carbocycles. The van der Waals surface area contributed by atoms with Gasteiger partial charge in [-0.25, -0.2) is 4.79 Å². The highest BCUT2D eigenvalue weighted by atomic mass is 16.5. The lowest BCUT2D eigenvalue weighted by Crippen LogP contribution is -2.37. The molecule has 7 heteroatoms. The summed E-state index contributed by atoms with van der Waals surface area (Å²) in [6.07, 6.45) is 0.845. The third kappa shape index (κ3) is 4.99. The fourth-order valence-electron chi connectivity index (χ4n) is 4.48. The zero-order valence-electron chi connectivity index (χ0n) is 19.8. The smallest absolute Gasteiger partial charge is 0.336 e. The fraction of sp³-hybridized carbons (Fsp3) is 0.423. The molecule has 0 radical (unpaired) electrons. The molecule has 0 amide bonds. The van der Waals surface area contributed by atoms with Crippen LogP contribution in [0.3, 0.4) is 0 Å². The van der Waals surface area contributed by atoms with Crippen molar-refractivity contribution >= 4 is 16.7 Å². The van der Waals surface area contributed by atoms with E-state index < -0.39 is 5.63 Å². The minimum atomic E-state index is -0.394. The van der Waals surface area contributed by atoms with Crippen molar-refractivity contribution in [1.29, 1.82) is 0 Å². The molecule has 4 rings (SSSR count). The van der Waals surface area contributed by atoms with E-state index in [4.69, 9.17) is 18.6 Å². The number of fused-ring (bicyclic) bond motifs is 1. The molecule has 2 heterocycles. The van der Waals surface area contributed by atoms with E-state index in [1.54, 1.807) is 20.3 Å². The Morgan fingerprint density at radius 1 is 1.00 bits per heavy atom. The van der Waals surface area contributed by atoms with Gasteiger partial charge in [0, 0.05) is 56.5 Å². The number of benzene rings is 2. The lowest BCUT2D eigenvalue weighted by atomic mass is 9.86. The third-order valence-corrected chi connectivity index (χ3v) is 6.31. The molecule has 7 nitrogen and oxygen atoms in total. The Morgan fingerprint density at radius 3 is 2.33 bits per heavy atom. The molecular formula is C26H32N2O5.